The summed E-state index contributed by atoms with van der Waals surface area (Å²) < 4.78 is 0. The summed E-state index contributed by atoms with van der Waals surface area (Å²) in [5.74, 6) is 0.601. The molecule has 19 heavy (non-hydrogen) atoms. The molecular weight excluding hydrogens is 236 g/mol. The Bertz CT molecular complexity index is 436. The van der Waals surface area contributed by atoms with Crippen LogP contribution in [0.1, 0.15) is 32.8 Å². The smallest absolute Gasteiger partial charge is 0.242 e. The molecule has 1 amide bonds. The second-order valence-electron chi connectivity index (χ2n) is 6.20. The van der Waals surface area contributed by atoms with E-state index in [1.165, 1.54) is 5.56 Å². The van der Waals surface area contributed by atoms with Crippen LogP contribution in [0.2, 0.25) is 0 Å². The van der Waals surface area contributed by atoms with Gasteiger partial charge in [-0.1, -0.05) is 30.3 Å². The minimum atomic E-state index is -0.768. The van der Waals surface area contributed by atoms with Crippen LogP contribution in [0, 0.1) is 5.92 Å². The highest BCUT2D eigenvalue weighted by molar-refractivity contribution is 5.85. The molecule has 2 unspecified atom stereocenters. The Labute approximate surface area is 115 Å². The van der Waals surface area contributed by atoms with Crippen molar-refractivity contribution >= 4 is 5.91 Å². The van der Waals surface area contributed by atoms with E-state index in [9.17, 15) is 4.79 Å². The van der Waals surface area contributed by atoms with Crippen LogP contribution in [0.25, 0.3) is 0 Å². The molecule has 1 heterocycles. The zero-order valence-electron chi connectivity index (χ0n) is 12.1. The van der Waals surface area contributed by atoms with E-state index in [4.69, 9.17) is 5.73 Å². The number of benzene rings is 1. The fraction of sp³-hybridized carbons (Fsp3) is 0.562. The first-order valence-corrected chi connectivity index (χ1v) is 7.03. The molecule has 1 aromatic rings. The van der Waals surface area contributed by atoms with Gasteiger partial charge in [-0.25, -0.2) is 0 Å². The first-order chi connectivity index (χ1) is 8.89. The van der Waals surface area contributed by atoms with Crippen molar-refractivity contribution in [3.63, 3.8) is 0 Å². The maximum absolute atomic E-state index is 12.3. The van der Waals surface area contributed by atoms with Crippen molar-refractivity contribution in [1.29, 1.82) is 0 Å². The standard InChI is InChI=1S/C16H24N2O/c1-12-14(11-13-7-5-4-6-8-13)9-10-18(12)15(19)16(2,3)17/h4-8,12,14H,9-11,17H2,1-3H3. The Morgan fingerprint density at radius 2 is 2.00 bits per heavy atom. The Hall–Kier alpha value is -1.35. The number of nitrogens with zero attached hydrogens (tertiary/aromatic N) is 1. The normalized spacial score (nSPS) is 23.7. The van der Waals surface area contributed by atoms with Gasteiger partial charge in [0.2, 0.25) is 5.91 Å². The predicted molar refractivity (Wildman–Crippen MR) is 77.7 cm³/mol. The Morgan fingerprint density at radius 1 is 1.37 bits per heavy atom. The number of likely N-dealkylation sites (tertiary alicyclic amines) is 1. The molecule has 3 heteroatoms. The average molecular weight is 260 g/mol. The van der Waals surface area contributed by atoms with Gasteiger partial charge in [0, 0.05) is 12.6 Å². The number of nitrogens with two attached hydrogens (primary N) is 1. The third-order valence-corrected chi connectivity index (χ3v) is 4.07. The highest BCUT2D eigenvalue weighted by Gasteiger charge is 2.38. The minimum absolute atomic E-state index is 0.0653. The van der Waals surface area contributed by atoms with Gasteiger partial charge in [-0.3, -0.25) is 4.79 Å². The molecule has 0 aliphatic carbocycles. The van der Waals surface area contributed by atoms with Crippen LogP contribution in [0.5, 0.6) is 0 Å². The lowest BCUT2D eigenvalue weighted by molar-refractivity contribution is -0.136. The molecule has 1 aromatic carbocycles. The third kappa shape index (κ3) is 3.16. The van der Waals surface area contributed by atoms with Crippen molar-refractivity contribution in [3.8, 4) is 0 Å². The lowest BCUT2D eigenvalue weighted by atomic mass is 9.93. The maximum atomic E-state index is 12.3. The van der Waals surface area contributed by atoms with Crippen molar-refractivity contribution in [2.75, 3.05) is 6.54 Å². The van der Waals surface area contributed by atoms with E-state index in [1.54, 1.807) is 13.8 Å². The van der Waals surface area contributed by atoms with Crippen LogP contribution in [0.4, 0.5) is 0 Å². The van der Waals surface area contributed by atoms with Gasteiger partial charge in [-0.15, -0.1) is 0 Å². The first-order valence-electron chi connectivity index (χ1n) is 7.03. The summed E-state index contributed by atoms with van der Waals surface area (Å²) in [5.41, 5.74) is 6.51. The van der Waals surface area contributed by atoms with E-state index in [1.807, 2.05) is 11.0 Å². The molecule has 2 atom stereocenters. The first kappa shape index (κ1) is 14.1. The van der Waals surface area contributed by atoms with E-state index < -0.39 is 5.54 Å². The van der Waals surface area contributed by atoms with E-state index in [2.05, 4.69) is 31.2 Å². The van der Waals surface area contributed by atoms with Crippen molar-refractivity contribution in [2.24, 2.45) is 11.7 Å². The van der Waals surface area contributed by atoms with Gasteiger partial charge in [0.15, 0.2) is 0 Å². The van der Waals surface area contributed by atoms with E-state index >= 15 is 0 Å². The largest absolute Gasteiger partial charge is 0.338 e. The topological polar surface area (TPSA) is 46.3 Å². The molecule has 3 nitrogen and oxygen atoms in total. The molecule has 1 aliphatic rings. The zero-order valence-corrected chi connectivity index (χ0v) is 12.1. The molecule has 2 N–H and O–H groups in total. The van der Waals surface area contributed by atoms with E-state index in [0.717, 1.165) is 19.4 Å². The van der Waals surface area contributed by atoms with Crippen molar-refractivity contribution in [2.45, 2.75) is 45.2 Å². The molecule has 0 saturated carbocycles. The number of hydrogen-bond acceptors (Lipinski definition) is 2. The summed E-state index contributed by atoms with van der Waals surface area (Å²) in [4.78, 5) is 14.2. The number of rotatable bonds is 3. The molecule has 1 aliphatic heterocycles. The molecule has 2 rings (SSSR count). The van der Waals surface area contributed by atoms with Crippen LogP contribution in [0.15, 0.2) is 30.3 Å². The maximum Gasteiger partial charge on any atom is 0.242 e. The predicted octanol–water partition coefficient (Wildman–Crippen LogP) is 2.20. The summed E-state index contributed by atoms with van der Waals surface area (Å²) in [6.45, 7) is 6.54. The van der Waals surface area contributed by atoms with Crippen LogP contribution >= 0.6 is 0 Å². The summed E-state index contributed by atoms with van der Waals surface area (Å²) >= 11 is 0. The van der Waals surface area contributed by atoms with Gasteiger partial charge >= 0.3 is 0 Å². The monoisotopic (exact) mass is 260 g/mol. The van der Waals surface area contributed by atoms with Gasteiger partial charge in [-0.2, -0.15) is 0 Å². The number of carbonyl (C=O) groups excluding carboxylic acids is 1. The van der Waals surface area contributed by atoms with Crippen molar-refractivity contribution in [1.82, 2.24) is 4.90 Å². The molecular formula is C16H24N2O. The fourth-order valence-electron chi connectivity index (χ4n) is 2.85. The van der Waals surface area contributed by atoms with Crippen LogP contribution in [-0.2, 0) is 11.2 Å². The van der Waals surface area contributed by atoms with Gasteiger partial charge in [0.05, 0.1) is 5.54 Å². The van der Waals surface area contributed by atoms with Crippen molar-refractivity contribution in [3.05, 3.63) is 35.9 Å². The summed E-state index contributed by atoms with van der Waals surface area (Å²) in [7, 11) is 0. The molecule has 1 saturated heterocycles. The number of amides is 1. The third-order valence-electron chi connectivity index (χ3n) is 4.07. The Morgan fingerprint density at radius 3 is 2.58 bits per heavy atom. The van der Waals surface area contributed by atoms with Gasteiger partial charge in [-0.05, 0) is 45.1 Å². The fourth-order valence-corrected chi connectivity index (χ4v) is 2.85. The second kappa shape index (κ2) is 5.33. The quantitative estimate of drug-likeness (QED) is 0.905. The van der Waals surface area contributed by atoms with Gasteiger partial charge in [0.1, 0.15) is 0 Å². The van der Waals surface area contributed by atoms with E-state index in [0.29, 0.717) is 5.92 Å². The zero-order chi connectivity index (χ0) is 14.0. The van der Waals surface area contributed by atoms with Crippen LogP contribution in [-0.4, -0.2) is 28.9 Å². The van der Waals surface area contributed by atoms with Gasteiger partial charge < -0.3 is 10.6 Å². The number of carbonyl (C=O) groups is 1. The van der Waals surface area contributed by atoms with Gasteiger partial charge in [0.25, 0.3) is 0 Å². The molecule has 0 bridgehead atoms. The Kier molecular flexibility index (Phi) is 3.95. The Balaban J connectivity index is 2.02. The summed E-state index contributed by atoms with van der Waals surface area (Å²) in [5, 5.41) is 0. The lowest BCUT2D eigenvalue weighted by Gasteiger charge is -2.30. The summed E-state index contributed by atoms with van der Waals surface area (Å²) in [6.07, 6.45) is 2.11. The number of hydrogen-bond donors (Lipinski definition) is 1. The average Bonchev–Trinajstić information content (AvgIpc) is 2.70. The summed E-state index contributed by atoms with van der Waals surface area (Å²) in [6, 6.07) is 10.8. The second-order valence-corrected chi connectivity index (χ2v) is 6.20. The molecule has 0 radical (unpaired) electrons. The van der Waals surface area contributed by atoms with Crippen molar-refractivity contribution < 1.29 is 4.79 Å². The van der Waals surface area contributed by atoms with Crippen LogP contribution in [0.3, 0.4) is 0 Å². The minimum Gasteiger partial charge on any atom is -0.338 e. The lowest BCUT2D eigenvalue weighted by Crippen LogP contribution is -2.52. The molecule has 104 valence electrons. The SMILES string of the molecule is CC1C(Cc2ccccc2)CCN1C(=O)C(C)(C)N. The highest BCUT2D eigenvalue weighted by Crippen LogP contribution is 2.28. The van der Waals surface area contributed by atoms with E-state index in [-0.39, 0.29) is 11.9 Å². The molecule has 1 fully saturated rings. The molecule has 0 spiro atoms. The molecule has 0 aromatic heterocycles. The van der Waals surface area contributed by atoms with Crippen LogP contribution < -0.4 is 5.73 Å². The highest BCUT2D eigenvalue weighted by atomic mass is 16.2.